The summed E-state index contributed by atoms with van der Waals surface area (Å²) in [6, 6.07) is 3.56. The molecular weight excluding hydrogens is 296 g/mol. The van der Waals surface area contributed by atoms with Crippen molar-refractivity contribution >= 4 is 34.2 Å². The third-order valence-electron chi connectivity index (χ3n) is 3.37. The molecule has 0 radical (unpaired) electrons. The largest absolute Gasteiger partial charge is 0.495 e. The normalized spacial score (nSPS) is 21.6. The molecule has 1 aromatic carbocycles. The minimum Gasteiger partial charge on any atom is -0.495 e. The van der Waals surface area contributed by atoms with E-state index >= 15 is 0 Å². The van der Waals surface area contributed by atoms with Gasteiger partial charge in [-0.05, 0) is 19.4 Å². The smallest absolute Gasteiger partial charge is 0.161 e. The second-order valence-corrected chi connectivity index (χ2v) is 6.24. The van der Waals surface area contributed by atoms with Crippen molar-refractivity contribution in [3.8, 4) is 11.5 Å². The predicted octanol–water partition coefficient (Wildman–Crippen LogP) is 4.04. The van der Waals surface area contributed by atoms with E-state index in [0.29, 0.717) is 16.5 Å². The Morgan fingerprint density at radius 3 is 2.60 bits per heavy atom. The Balaban J connectivity index is 2.26. The van der Waals surface area contributed by atoms with Gasteiger partial charge in [0.1, 0.15) is 11.5 Å². The van der Waals surface area contributed by atoms with E-state index in [1.807, 2.05) is 0 Å². The summed E-state index contributed by atoms with van der Waals surface area (Å²) in [6.45, 7) is 4.31. The molecule has 0 spiro atoms. The molecule has 20 heavy (non-hydrogen) atoms. The summed E-state index contributed by atoms with van der Waals surface area (Å²) in [6.07, 6.45) is 1.02. The first kappa shape index (κ1) is 15.3. The SMILES string of the molecule is CCC1(C)CSC(Nc2cc(Cl)c(OC)cc2OC)=N1. The number of nitrogens with zero attached hydrogens (tertiary/aromatic N) is 1. The van der Waals surface area contributed by atoms with Crippen molar-refractivity contribution in [1.29, 1.82) is 0 Å². The van der Waals surface area contributed by atoms with Crippen LogP contribution in [0.5, 0.6) is 11.5 Å². The van der Waals surface area contributed by atoms with Crippen LogP contribution in [0, 0.1) is 0 Å². The number of halogens is 1. The summed E-state index contributed by atoms with van der Waals surface area (Å²) in [7, 11) is 3.20. The van der Waals surface area contributed by atoms with Gasteiger partial charge in [0.05, 0.1) is 30.5 Å². The van der Waals surface area contributed by atoms with Gasteiger partial charge in [0, 0.05) is 11.8 Å². The maximum absolute atomic E-state index is 6.16. The van der Waals surface area contributed by atoms with Crippen molar-refractivity contribution in [3.05, 3.63) is 17.2 Å². The van der Waals surface area contributed by atoms with Crippen LogP contribution in [0.4, 0.5) is 5.69 Å². The first-order valence-corrected chi connectivity index (χ1v) is 7.79. The predicted molar refractivity (Wildman–Crippen MR) is 86.8 cm³/mol. The molecule has 0 saturated heterocycles. The molecule has 1 aliphatic heterocycles. The van der Waals surface area contributed by atoms with E-state index in [1.165, 1.54) is 0 Å². The highest BCUT2D eigenvalue weighted by molar-refractivity contribution is 8.14. The lowest BCUT2D eigenvalue weighted by Gasteiger charge is -2.15. The molecule has 0 aliphatic carbocycles. The maximum Gasteiger partial charge on any atom is 0.161 e. The number of benzene rings is 1. The second-order valence-electron chi connectivity index (χ2n) is 4.87. The Bertz CT molecular complexity index is 536. The van der Waals surface area contributed by atoms with Gasteiger partial charge in [0.15, 0.2) is 5.17 Å². The first-order chi connectivity index (χ1) is 9.51. The van der Waals surface area contributed by atoms with Crippen LogP contribution in [0.15, 0.2) is 17.1 Å². The molecule has 6 heteroatoms. The third kappa shape index (κ3) is 3.15. The Kier molecular flexibility index (Phi) is 4.70. The average molecular weight is 315 g/mol. The zero-order valence-corrected chi connectivity index (χ0v) is 13.7. The zero-order valence-electron chi connectivity index (χ0n) is 12.1. The van der Waals surface area contributed by atoms with Gasteiger partial charge in [0.25, 0.3) is 0 Å². The molecule has 4 nitrogen and oxygen atoms in total. The molecule has 0 fully saturated rings. The fraction of sp³-hybridized carbons (Fsp3) is 0.500. The van der Waals surface area contributed by atoms with E-state index in [2.05, 4.69) is 19.2 Å². The maximum atomic E-state index is 6.16. The first-order valence-electron chi connectivity index (χ1n) is 6.42. The van der Waals surface area contributed by atoms with Crippen LogP contribution in [0.25, 0.3) is 0 Å². The van der Waals surface area contributed by atoms with Gasteiger partial charge in [-0.25, -0.2) is 0 Å². The summed E-state index contributed by atoms with van der Waals surface area (Å²) < 4.78 is 10.6. The van der Waals surface area contributed by atoms with E-state index in [-0.39, 0.29) is 5.54 Å². The molecule has 1 atom stereocenters. The number of ether oxygens (including phenoxy) is 2. The number of aliphatic imine (C=N–C) groups is 1. The summed E-state index contributed by atoms with van der Waals surface area (Å²) in [4.78, 5) is 4.72. The lowest BCUT2D eigenvalue weighted by molar-refractivity contribution is 0.396. The molecule has 0 bridgehead atoms. The molecule has 0 saturated carbocycles. The molecule has 1 N–H and O–H groups in total. The lowest BCUT2D eigenvalue weighted by atomic mass is 10.0. The molecule has 2 rings (SSSR count). The molecule has 110 valence electrons. The minimum absolute atomic E-state index is 0.0104. The van der Waals surface area contributed by atoms with Gasteiger partial charge < -0.3 is 14.8 Å². The van der Waals surface area contributed by atoms with Crippen LogP contribution in [0.3, 0.4) is 0 Å². The van der Waals surface area contributed by atoms with Crippen molar-refractivity contribution in [2.24, 2.45) is 4.99 Å². The quantitative estimate of drug-likeness (QED) is 0.910. The lowest BCUT2D eigenvalue weighted by Crippen LogP contribution is -2.20. The van der Waals surface area contributed by atoms with Gasteiger partial charge in [-0.3, -0.25) is 4.99 Å². The highest BCUT2D eigenvalue weighted by Crippen LogP contribution is 2.38. The van der Waals surface area contributed by atoms with Crippen molar-refractivity contribution in [1.82, 2.24) is 0 Å². The Morgan fingerprint density at radius 1 is 1.35 bits per heavy atom. The van der Waals surface area contributed by atoms with Crippen LogP contribution in [0.1, 0.15) is 20.3 Å². The summed E-state index contributed by atoms with van der Waals surface area (Å²) >= 11 is 7.87. The Morgan fingerprint density at radius 2 is 2.05 bits per heavy atom. The molecule has 1 aliphatic rings. The molecular formula is C14H19ClN2O2S. The minimum atomic E-state index is 0.0104. The third-order valence-corrected chi connectivity index (χ3v) is 4.90. The fourth-order valence-corrected chi connectivity index (χ4v) is 3.28. The van der Waals surface area contributed by atoms with Crippen LogP contribution < -0.4 is 14.8 Å². The summed E-state index contributed by atoms with van der Waals surface area (Å²) in [5, 5.41) is 4.73. The van der Waals surface area contributed by atoms with Crippen molar-refractivity contribution in [2.45, 2.75) is 25.8 Å². The molecule has 1 heterocycles. The molecule has 1 unspecified atom stereocenters. The van der Waals surface area contributed by atoms with Gasteiger partial charge in [-0.2, -0.15) is 0 Å². The standard InChI is InChI=1S/C14H19ClN2O2S/c1-5-14(2)8-20-13(17-14)16-10-6-9(15)11(18-3)7-12(10)19-4/h6-7H,5,8H2,1-4H3,(H,16,17). The van der Waals surface area contributed by atoms with Gasteiger partial charge in [0.2, 0.25) is 0 Å². The molecule has 0 aromatic heterocycles. The average Bonchev–Trinajstić information content (AvgIpc) is 2.81. The number of thioether (sulfide) groups is 1. The van der Waals surface area contributed by atoms with Gasteiger partial charge in [-0.15, -0.1) is 0 Å². The number of rotatable bonds is 4. The van der Waals surface area contributed by atoms with E-state index in [0.717, 1.165) is 23.0 Å². The van der Waals surface area contributed by atoms with E-state index in [1.54, 1.807) is 38.1 Å². The monoisotopic (exact) mass is 314 g/mol. The summed E-state index contributed by atoms with van der Waals surface area (Å²) in [5.74, 6) is 2.26. The van der Waals surface area contributed by atoms with Crippen molar-refractivity contribution in [2.75, 3.05) is 25.3 Å². The van der Waals surface area contributed by atoms with Crippen LogP contribution >= 0.6 is 23.4 Å². The number of nitrogens with one attached hydrogen (secondary N) is 1. The van der Waals surface area contributed by atoms with Gasteiger partial charge in [-0.1, -0.05) is 30.3 Å². The topological polar surface area (TPSA) is 42.8 Å². The molecule has 0 amide bonds. The fourth-order valence-electron chi connectivity index (χ4n) is 1.85. The number of amidine groups is 1. The number of hydrogen-bond acceptors (Lipinski definition) is 5. The van der Waals surface area contributed by atoms with Crippen LogP contribution in [-0.2, 0) is 0 Å². The van der Waals surface area contributed by atoms with Crippen molar-refractivity contribution < 1.29 is 9.47 Å². The van der Waals surface area contributed by atoms with E-state index in [4.69, 9.17) is 26.1 Å². The van der Waals surface area contributed by atoms with Crippen molar-refractivity contribution in [3.63, 3.8) is 0 Å². The number of anilines is 1. The molecule has 1 aromatic rings. The van der Waals surface area contributed by atoms with Crippen LogP contribution in [-0.4, -0.2) is 30.7 Å². The summed E-state index contributed by atoms with van der Waals surface area (Å²) in [5.41, 5.74) is 0.807. The van der Waals surface area contributed by atoms with Crippen LogP contribution in [0.2, 0.25) is 5.02 Å². The highest BCUT2D eigenvalue weighted by atomic mass is 35.5. The highest BCUT2D eigenvalue weighted by Gasteiger charge is 2.29. The Hall–Kier alpha value is -1.07. The van der Waals surface area contributed by atoms with Gasteiger partial charge >= 0.3 is 0 Å². The zero-order chi connectivity index (χ0) is 14.8. The number of methoxy groups -OCH3 is 2. The second kappa shape index (κ2) is 6.14. The number of hydrogen-bond donors (Lipinski definition) is 1. The van der Waals surface area contributed by atoms with E-state index < -0.39 is 0 Å². The van der Waals surface area contributed by atoms with E-state index in [9.17, 15) is 0 Å². The Labute approximate surface area is 128 Å².